The lowest BCUT2D eigenvalue weighted by Crippen LogP contribution is -2.56. The molecule has 1 unspecified atom stereocenters. The molecule has 2 aromatic carbocycles. The van der Waals surface area contributed by atoms with Gasteiger partial charge in [0.05, 0.1) is 35.5 Å². The van der Waals surface area contributed by atoms with Crippen LogP contribution < -0.4 is 15.0 Å². The van der Waals surface area contributed by atoms with Crippen molar-refractivity contribution >= 4 is 45.6 Å². The normalized spacial score (nSPS) is 17.5. The van der Waals surface area contributed by atoms with E-state index in [1.807, 2.05) is 11.8 Å². The van der Waals surface area contributed by atoms with Crippen molar-refractivity contribution in [1.82, 2.24) is 25.1 Å². The highest BCUT2D eigenvalue weighted by Gasteiger charge is 2.44. The van der Waals surface area contributed by atoms with Crippen LogP contribution in [0.2, 0.25) is 5.02 Å². The van der Waals surface area contributed by atoms with Gasteiger partial charge in [-0.25, -0.2) is 13.2 Å². The molecule has 50 heavy (non-hydrogen) atoms. The number of aromatic nitrogens is 2. The molecule has 5 rings (SSSR count). The predicted octanol–water partition coefficient (Wildman–Crippen LogP) is 6.29. The minimum atomic E-state index is -1.06. The van der Waals surface area contributed by atoms with Gasteiger partial charge in [-0.1, -0.05) is 42.4 Å². The number of nitrogens with zero attached hydrogens (tertiary/aromatic N) is 6. The van der Waals surface area contributed by atoms with E-state index < -0.39 is 23.4 Å². The molecule has 2 aliphatic heterocycles. The number of nitrogens with one attached hydrogen (secondary N) is 1. The Hall–Kier alpha value is -4.38. The second-order valence-electron chi connectivity index (χ2n) is 12.1. The number of anilines is 1. The van der Waals surface area contributed by atoms with Crippen LogP contribution in [0, 0.1) is 24.1 Å². The van der Waals surface area contributed by atoms with Crippen LogP contribution in [-0.2, 0) is 9.53 Å². The van der Waals surface area contributed by atoms with Crippen molar-refractivity contribution in [3.8, 4) is 12.1 Å². The third kappa shape index (κ3) is 8.15. The first-order valence-corrected chi connectivity index (χ1v) is 16.8. The summed E-state index contributed by atoms with van der Waals surface area (Å²) in [7, 11) is 3.04. The summed E-state index contributed by atoms with van der Waals surface area (Å²) in [5, 5.41) is 11.1. The lowest BCUT2D eigenvalue weighted by molar-refractivity contribution is -0.127. The monoisotopic (exact) mass is 713 g/mol. The van der Waals surface area contributed by atoms with Gasteiger partial charge in [0.15, 0.2) is 11.7 Å². The molecule has 2 saturated heterocycles. The Balaban J connectivity index is 0.00000181. The number of carbonyl (C=O) groups excluding carboxylic acids is 1. The van der Waals surface area contributed by atoms with Crippen LogP contribution in [0.5, 0.6) is 6.01 Å². The van der Waals surface area contributed by atoms with Gasteiger partial charge in [-0.2, -0.15) is 15.2 Å². The van der Waals surface area contributed by atoms with Crippen molar-refractivity contribution < 1.29 is 27.4 Å². The summed E-state index contributed by atoms with van der Waals surface area (Å²) in [5.41, 5.74) is 0.460. The summed E-state index contributed by atoms with van der Waals surface area (Å²) in [5.74, 6) is -2.83. The van der Waals surface area contributed by atoms with E-state index in [1.165, 1.54) is 24.9 Å². The van der Waals surface area contributed by atoms with Crippen LogP contribution in [0.1, 0.15) is 43.5 Å². The highest BCUT2D eigenvalue weighted by Crippen LogP contribution is 2.38. The van der Waals surface area contributed by atoms with Crippen LogP contribution in [0.25, 0.3) is 22.3 Å². The van der Waals surface area contributed by atoms with Crippen LogP contribution in [0.4, 0.5) is 19.0 Å². The number of benzene rings is 2. The van der Waals surface area contributed by atoms with Crippen molar-refractivity contribution in [2.24, 2.45) is 0 Å². The fourth-order valence-electron chi connectivity index (χ4n) is 6.41. The summed E-state index contributed by atoms with van der Waals surface area (Å²) < 4.78 is 57.2. The first kappa shape index (κ1) is 38.4. The molecule has 0 aliphatic carbocycles. The predicted molar refractivity (Wildman–Crippen MR) is 190 cm³/mol. The molecule has 1 amide bonds. The average molecular weight is 714 g/mol. The third-order valence-corrected chi connectivity index (χ3v) is 9.40. The van der Waals surface area contributed by atoms with Crippen LogP contribution in [0.3, 0.4) is 0 Å². The minimum absolute atomic E-state index is 0.0278. The molecular formula is C36H43ClF3N7O3. The maximum Gasteiger partial charge on any atom is 0.319 e. The van der Waals surface area contributed by atoms with Crippen LogP contribution in [-0.4, -0.2) is 97.9 Å². The molecule has 268 valence electrons. The Kier molecular flexibility index (Phi) is 13.1. The number of carbonyl (C=O) groups is 1. The van der Waals surface area contributed by atoms with Crippen molar-refractivity contribution in [1.29, 1.82) is 5.26 Å². The molecule has 3 heterocycles. The standard InChI is InChI=1S/C34H40ClF3N6O3.C2H3N/c1-6-43(16-15-42(5)32(45)22(3)36)31-21(2)29(40-33(41-31)47-20-34-13-8-14-44(34)17-18-46-19-34)28(38)30(39-4)24-10-7-9-23-11-12-25(37)27(35)26(23)24;1-2-3/h7,9-12,39H,3,6,8,13-20H2,1-2,4-5H3;1H3/b30-28+;. The molecule has 2 aliphatic rings. The number of morpholine rings is 1. The Labute approximate surface area is 296 Å². The van der Waals surface area contributed by atoms with E-state index in [0.29, 0.717) is 47.5 Å². The quantitative estimate of drug-likeness (QED) is 0.217. The molecule has 2 fully saturated rings. The fraction of sp³-hybridized carbons (Fsp3) is 0.444. The van der Waals surface area contributed by atoms with Gasteiger partial charge in [0.1, 0.15) is 23.9 Å². The molecule has 14 heteroatoms. The molecule has 3 aromatic rings. The lowest BCUT2D eigenvalue weighted by Gasteiger charge is -2.41. The maximum atomic E-state index is 16.9. The highest BCUT2D eigenvalue weighted by atomic mass is 35.5. The summed E-state index contributed by atoms with van der Waals surface area (Å²) in [6.07, 6.45) is 1.90. The van der Waals surface area contributed by atoms with Crippen LogP contribution in [0.15, 0.2) is 42.7 Å². The molecule has 0 spiro atoms. The third-order valence-electron chi connectivity index (χ3n) is 9.03. The van der Waals surface area contributed by atoms with Crippen LogP contribution >= 0.6 is 11.6 Å². The number of halogens is 4. The number of amides is 1. The van der Waals surface area contributed by atoms with Gasteiger partial charge in [-0.15, -0.1) is 0 Å². The second-order valence-corrected chi connectivity index (χ2v) is 12.5. The van der Waals surface area contributed by atoms with Gasteiger partial charge in [0.25, 0.3) is 5.91 Å². The number of likely N-dealkylation sites (N-methyl/N-ethyl adjacent to an activating group) is 2. The number of hydrogen-bond donors (Lipinski definition) is 1. The van der Waals surface area contributed by atoms with Gasteiger partial charge in [-0.05, 0) is 44.7 Å². The summed E-state index contributed by atoms with van der Waals surface area (Å²) in [6, 6.07) is 9.76. The summed E-state index contributed by atoms with van der Waals surface area (Å²) in [6.45, 7) is 12.1. The topological polar surface area (TPSA) is 107 Å². The van der Waals surface area contributed by atoms with Gasteiger partial charge in [0, 0.05) is 63.7 Å². The first-order chi connectivity index (χ1) is 23.9. The minimum Gasteiger partial charge on any atom is -0.461 e. The van der Waals surface area contributed by atoms with E-state index in [-0.39, 0.29) is 47.7 Å². The Bertz CT molecular complexity index is 1800. The molecule has 1 N–H and O–H groups in total. The van der Waals surface area contributed by atoms with Gasteiger partial charge >= 0.3 is 6.01 Å². The van der Waals surface area contributed by atoms with E-state index in [2.05, 4.69) is 21.8 Å². The largest absolute Gasteiger partial charge is 0.461 e. The van der Waals surface area contributed by atoms with Gasteiger partial charge in [0.2, 0.25) is 0 Å². The molecule has 0 bridgehead atoms. The van der Waals surface area contributed by atoms with E-state index >= 15 is 4.39 Å². The molecular weight excluding hydrogens is 671 g/mol. The summed E-state index contributed by atoms with van der Waals surface area (Å²) >= 11 is 6.41. The van der Waals surface area contributed by atoms with E-state index in [1.54, 1.807) is 44.3 Å². The zero-order valence-electron chi connectivity index (χ0n) is 29.1. The number of rotatable bonds is 12. The first-order valence-electron chi connectivity index (χ1n) is 16.4. The Morgan fingerprint density at radius 2 is 1.98 bits per heavy atom. The second kappa shape index (κ2) is 17.0. The smallest absolute Gasteiger partial charge is 0.319 e. The maximum absolute atomic E-state index is 16.9. The fourth-order valence-corrected chi connectivity index (χ4v) is 6.68. The number of nitriles is 1. The van der Waals surface area contributed by atoms with E-state index in [4.69, 9.17) is 31.3 Å². The number of hydrogen-bond acceptors (Lipinski definition) is 9. The zero-order valence-corrected chi connectivity index (χ0v) is 29.8. The van der Waals surface area contributed by atoms with Gasteiger partial charge < -0.3 is 24.6 Å². The van der Waals surface area contributed by atoms with Gasteiger partial charge in [-0.3, -0.25) is 9.69 Å². The zero-order chi connectivity index (χ0) is 36.6. The molecule has 0 radical (unpaired) electrons. The number of ether oxygens (including phenoxy) is 2. The molecule has 1 atom stereocenters. The van der Waals surface area contributed by atoms with Crippen molar-refractivity contribution in [3.63, 3.8) is 0 Å². The van der Waals surface area contributed by atoms with E-state index in [0.717, 1.165) is 25.9 Å². The van der Waals surface area contributed by atoms with Crippen molar-refractivity contribution in [2.45, 2.75) is 39.2 Å². The van der Waals surface area contributed by atoms with Crippen molar-refractivity contribution in [2.75, 3.05) is 71.5 Å². The molecule has 10 nitrogen and oxygen atoms in total. The van der Waals surface area contributed by atoms with E-state index in [9.17, 15) is 13.6 Å². The highest BCUT2D eigenvalue weighted by molar-refractivity contribution is 6.36. The average Bonchev–Trinajstić information content (AvgIpc) is 3.54. The summed E-state index contributed by atoms with van der Waals surface area (Å²) in [4.78, 5) is 26.9. The Morgan fingerprint density at radius 1 is 1.24 bits per heavy atom. The Morgan fingerprint density at radius 3 is 2.66 bits per heavy atom. The molecule has 0 saturated carbocycles. The van der Waals surface area contributed by atoms with Crippen molar-refractivity contribution in [3.05, 3.63) is 70.4 Å². The SMILES string of the molecule is C=C(F)C(=O)N(C)CCN(CC)c1nc(OCC23CCCN2CCOC3)nc(/C(F)=C(\NC)c2cccc3ccc(F)c(Cl)c23)c1C.CC#N. The number of fused-ring (bicyclic) bond motifs is 2. The molecule has 1 aromatic heterocycles. The lowest BCUT2D eigenvalue weighted by atomic mass is 9.97.